The predicted octanol–water partition coefficient (Wildman–Crippen LogP) is 2.30. The predicted molar refractivity (Wildman–Crippen MR) is 169 cm³/mol. The highest BCUT2D eigenvalue weighted by Gasteiger charge is 2.16. The van der Waals surface area contributed by atoms with E-state index in [0.717, 1.165) is 18.4 Å². The summed E-state index contributed by atoms with van der Waals surface area (Å²) in [6.45, 7) is 1.21. The Kier molecular flexibility index (Phi) is 18.8. The number of aryl methyl sites for hydroxylation is 1. The first-order chi connectivity index (χ1) is 22.6. The van der Waals surface area contributed by atoms with Gasteiger partial charge in [-0.15, -0.1) is 0 Å². The molecule has 0 aliphatic rings. The summed E-state index contributed by atoms with van der Waals surface area (Å²) in [5.41, 5.74) is 1.06. The zero-order valence-corrected chi connectivity index (χ0v) is 27.0. The van der Waals surface area contributed by atoms with Crippen molar-refractivity contribution >= 4 is 39.5 Å². The van der Waals surface area contributed by atoms with E-state index in [-0.39, 0.29) is 81.3 Å². The molecule has 1 amide bonds. The fourth-order valence-electron chi connectivity index (χ4n) is 4.00. The Morgan fingerprint density at radius 3 is 2.17 bits per heavy atom. The van der Waals surface area contributed by atoms with Crippen molar-refractivity contribution in [3.8, 4) is 0 Å². The minimum atomic E-state index is -3.92. The maximum absolute atomic E-state index is 12.9. The summed E-state index contributed by atoms with van der Waals surface area (Å²) < 4.78 is 48.9. The van der Waals surface area contributed by atoms with Gasteiger partial charge in [0.15, 0.2) is 5.78 Å². The van der Waals surface area contributed by atoms with Crippen LogP contribution < -0.4 is 10.0 Å². The summed E-state index contributed by atoms with van der Waals surface area (Å²) in [6, 6.07) is 9.35. The Hall–Kier alpha value is -3.96. The lowest BCUT2D eigenvalue weighted by Gasteiger charge is -2.10. The van der Waals surface area contributed by atoms with Crippen LogP contribution >= 0.6 is 0 Å². The number of carboxylic acid groups (broad SMARTS) is 2. The molecule has 16 heteroatoms. The molecule has 1 aromatic carbocycles. The van der Waals surface area contributed by atoms with Crippen molar-refractivity contribution in [2.45, 2.75) is 49.8 Å². The van der Waals surface area contributed by atoms with E-state index >= 15 is 0 Å². The summed E-state index contributed by atoms with van der Waals surface area (Å²) in [5.74, 6) is -2.32. The van der Waals surface area contributed by atoms with Crippen LogP contribution in [0.5, 0.6) is 0 Å². The normalized spacial score (nSPS) is 11.2. The number of carboxylic acids is 2. The number of carbonyl (C=O) groups is 4. The highest BCUT2D eigenvalue weighted by molar-refractivity contribution is 7.92. The van der Waals surface area contributed by atoms with Gasteiger partial charge in [0.1, 0.15) is 19.0 Å². The molecule has 1 heterocycles. The number of hydrogen-bond donors (Lipinski definition) is 4. The van der Waals surface area contributed by atoms with Crippen LogP contribution in [0.15, 0.2) is 47.5 Å². The van der Waals surface area contributed by atoms with Crippen molar-refractivity contribution in [2.75, 3.05) is 64.1 Å². The highest BCUT2D eigenvalue weighted by atomic mass is 32.2. The molecule has 0 saturated carbocycles. The van der Waals surface area contributed by atoms with Crippen LogP contribution in [0.3, 0.4) is 0 Å². The highest BCUT2D eigenvalue weighted by Crippen LogP contribution is 2.18. The van der Waals surface area contributed by atoms with Gasteiger partial charge in [-0.05, 0) is 55.5 Å². The lowest BCUT2D eigenvalue weighted by Crippen LogP contribution is -2.28. The third kappa shape index (κ3) is 18.1. The monoisotopic (exact) mass is 681 g/mol. The fourth-order valence-corrected chi connectivity index (χ4v) is 5.08. The third-order valence-electron chi connectivity index (χ3n) is 6.34. The molecule has 0 bridgehead atoms. The van der Waals surface area contributed by atoms with Crippen LogP contribution in [0.25, 0.3) is 0 Å². The number of ether oxygens (including phenoxy) is 4. The van der Waals surface area contributed by atoms with Crippen LogP contribution in [0, 0.1) is 0 Å². The number of amides is 1. The molecule has 15 nitrogen and oxygen atoms in total. The molecule has 0 unspecified atom stereocenters. The minimum Gasteiger partial charge on any atom is -0.481 e. The molecule has 260 valence electrons. The molecule has 0 spiro atoms. The quantitative estimate of drug-likeness (QED) is 0.0997. The van der Waals surface area contributed by atoms with Gasteiger partial charge in [-0.2, -0.15) is 0 Å². The van der Waals surface area contributed by atoms with Gasteiger partial charge < -0.3 is 34.5 Å². The van der Waals surface area contributed by atoms with Crippen LogP contribution in [0.4, 0.5) is 5.82 Å². The maximum Gasteiger partial charge on any atom is 0.329 e. The smallest absolute Gasteiger partial charge is 0.329 e. The first-order valence-electron chi connectivity index (χ1n) is 15.2. The van der Waals surface area contributed by atoms with Gasteiger partial charge >= 0.3 is 11.9 Å². The summed E-state index contributed by atoms with van der Waals surface area (Å²) in [5, 5.41) is 19.8. The molecule has 0 fully saturated rings. The van der Waals surface area contributed by atoms with Gasteiger partial charge in [0.25, 0.3) is 15.9 Å². The molecule has 0 aliphatic heterocycles. The molecular weight excluding hydrogens is 638 g/mol. The Morgan fingerprint density at radius 2 is 1.47 bits per heavy atom. The van der Waals surface area contributed by atoms with Crippen LogP contribution in [0.2, 0.25) is 0 Å². The van der Waals surface area contributed by atoms with Crippen molar-refractivity contribution in [2.24, 2.45) is 0 Å². The zero-order valence-electron chi connectivity index (χ0n) is 26.2. The van der Waals surface area contributed by atoms with Gasteiger partial charge in [-0.1, -0.05) is 18.6 Å². The van der Waals surface area contributed by atoms with Gasteiger partial charge in [-0.3, -0.25) is 19.1 Å². The largest absolute Gasteiger partial charge is 0.481 e. The van der Waals surface area contributed by atoms with E-state index in [1.54, 1.807) is 12.1 Å². The molecular formula is C31H43N3O12S. The minimum absolute atomic E-state index is 0.0507. The number of aliphatic carboxylic acids is 2. The number of nitrogens with one attached hydrogen (secondary N) is 2. The van der Waals surface area contributed by atoms with Crippen molar-refractivity contribution < 1.29 is 56.8 Å². The van der Waals surface area contributed by atoms with Crippen molar-refractivity contribution in [3.63, 3.8) is 0 Å². The number of rotatable bonds is 27. The standard InChI is InChI=1S/C31H43N3O12S/c35-26(8-5-14-43-16-19-46-23-30(38)39)22-45-18-17-44-15-13-32-31(40)25-11-12-28(33-21-25)34-47(41,42)27-9-4-7-24(20-27)6-2-1-3-10-29(36)37/h4,7,9,11-12,20-21H,1-3,5-6,8,10,13-19,22-23H2,(H,32,40)(H,33,34)(H,36,37)(H,38,39). The van der Waals surface area contributed by atoms with Gasteiger partial charge in [0, 0.05) is 32.2 Å². The Labute approximate surface area is 274 Å². The number of sulfonamides is 1. The summed E-state index contributed by atoms with van der Waals surface area (Å²) >= 11 is 0. The molecule has 0 saturated heterocycles. The first kappa shape index (κ1) is 39.2. The molecule has 2 aromatic rings. The summed E-state index contributed by atoms with van der Waals surface area (Å²) in [7, 11) is -3.92. The van der Waals surface area contributed by atoms with Crippen molar-refractivity contribution in [3.05, 3.63) is 53.7 Å². The molecule has 0 aliphatic carbocycles. The van der Waals surface area contributed by atoms with Gasteiger partial charge in [-0.25, -0.2) is 18.2 Å². The van der Waals surface area contributed by atoms with E-state index in [1.165, 1.54) is 24.4 Å². The molecule has 2 rings (SSSR count). The second kappa shape index (κ2) is 22.5. The third-order valence-corrected chi connectivity index (χ3v) is 7.69. The number of hydrogen-bond acceptors (Lipinski definition) is 11. The molecule has 1 aromatic heterocycles. The number of ketones is 1. The molecule has 4 N–H and O–H groups in total. The van der Waals surface area contributed by atoms with E-state index in [4.69, 9.17) is 29.2 Å². The average molecular weight is 682 g/mol. The number of benzene rings is 1. The summed E-state index contributed by atoms with van der Waals surface area (Å²) in [4.78, 5) is 49.3. The zero-order chi connectivity index (χ0) is 34.3. The van der Waals surface area contributed by atoms with E-state index in [2.05, 4.69) is 15.0 Å². The first-order valence-corrected chi connectivity index (χ1v) is 16.7. The number of nitrogens with zero attached hydrogens (tertiary/aromatic N) is 1. The van der Waals surface area contributed by atoms with Crippen molar-refractivity contribution in [1.82, 2.24) is 10.3 Å². The van der Waals surface area contributed by atoms with E-state index < -0.39 is 27.9 Å². The number of pyridine rings is 1. The molecule has 47 heavy (non-hydrogen) atoms. The lowest BCUT2D eigenvalue weighted by molar-refractivity contribution is -0.142. The SMILES string of the molecule is O=C(O)CCCCCc1cccc(S(=O)(=O)Nc2ccc(C(=O)NCCOCCOCC(=O)CCCOCCOCC(=O)O)cn2)c1. The fraction of sp³-hybridized carbons (Fsp3) is 0.516. The second-order valence-corrected chi connectivity index (χ2v) is 11.9. The number of aromatic nitrogens is 1. The second-order valence-electron chi connectivity index (χ2n) is 10.3. The average Bonchev–Trinajstić information content (AvgIpc) is 3.03. The van der Waals surface area contributed by atoms with Crippen LogP contribution in [0.1, 0.15) is 54.4 Å². The Balaban J connectivity index is 1.58. The lowest BCUT2D eigenvalue weighted by atomic mass is 10.1. The molecule has 0 radical (unpaired) electrons. The van der Waals surface area contributed by atoms with E-state index in [1.807, 2.05) is 6.07 Å². The molecule has 0 atom stereocenters. The van der Waals surface area contributed by atoms with Gasteiger partial charge in [0.2, 0.25) is 0 Å². The van der Waals surface area contributed by atoms with Crippen LogP contribution in [-0.4, -0.2) is 107 Å². The van der Waals surface area contributed by atoms with Crippen LogP contribution in [-0.2, 0) is 49.8 Å². The Bertz CT molecular complexity index is 1370. The number of unbranched alkanes of at least 4 members (excludes halogenated alkanes) is 2. The Morgan fingerprint density at radius 1 is 0.745 bits per heavy atom. The van der Waals surface area contributed by atoms with Crippen molar-refractivity contribution in [1.29, 1.82) is 0 Å². The van der Waals surface area contributed by atoms with Gasteiger partial charge in [0.05, 0.1) is 43.5 Å². The number of carbonyl (C=O) groups excluding carboxylic acids is 2. The summed E-state index contributed by atoms with van der Waals surface area (Å²) in [6.07, 6.45) is 4.85. The topological polar surface area (TPSA) is 217 Å². The van der Waals surface area contributed by atoms with E-state index in [0.29, 0.717) is 32.3 Å². The number of anilines is 1. The maximum atomic E-state index is 12.9. The van der Waals surface area contributed by atoms with E-state index in [9.17, 15) is 27.6 Å². The number of Topliss-reactive ketones (excluding diaryl/α,β-unsaturated/α-hetero) is 1.